The van der Waals surface area contributed by atoms with Crippen LogP contribution in [0.4, 0.5) is 8.78 Å². The number of carboxylic acids is 1. The van der Waals surface area contributed by atoms with Crippen LogP contribution in [0.5, 0.6) is 17.2 Å². The number of rotatable bonds is 6. The molecule has 9 heteroatoms. The number of halogens is 2. The van der Waals surface area contributed by atoms with Crippen molar-refractivity contribution >= 4 is 16.9 Å². The summed E-state index contributed by atoms with van der Waals surface area (Å²) in [5, 5.41) is 31.5. The summed E-state index contributed by atoms with van der Waals surface area (Å²) < 4.78 is 42.4. The third-order valence-corrected chi connectivity index (χ3v) is 8.64. The molecule has 0 atom stereocenters. The number of aromatic hydroxyl groups is 2. The minimum atomic E-state index is -1.28. The highest BCUT2D eigenvalue weighted by Gasteiger charge is 2.57. The van der Waals surface area contributed by atoms with E-state index in [0.29, 0.717) is 34.1 Å². The summed E-state index contributed by atoms with van der Waals surface area (Å²) in [5.41, 5.74) is 1.59. The molecular weight excluding hydrogens is 508 g/mol. The van der Waals surface area contributed by atoms with Crippen LogP contribution in [0.3, 0.4) is 0 Å². The van der Waals surface area contributed by atoms with E-state index in [1.54, 1.807) is 19.2 Å². The second-order valence-corrected chi connectivity index (χ2v) is 10.6. The largest absolute Gasteiger partial charge is 0.507 e. The number of benzene rings is 3. The lowest BCUT2D eigenvalue weighted by Gasteiger charge is -2.30. The zero-order chi connectivity index (χ0) is 27.7. The Balaban J connectivity index is 1.76. The van der Waals surface area contributed by atoms with Crippen LogP contribution >= 0.6 is 0 Å². The monoisotopic (exact) mass is 535 g/mol. The summed E-state index contributed by atoms with van der Waals surface area (Å²) in [6.45, 7) is 0. The van der Waals surface area contributed by atoms with Crippen molar-refractivity contribution < 1.29 is 38.4 Å². The van der Waals surface area contributed by atoms with Crippen molar-refractivity contribution in [3.8, 4) is 34.1 Å². The molecule has 6 rings (SSSR count). The summed E-state index contributed by atoms with van der Waals surface area (Å²) in [7, 11) is 3.06. The highest BCUT2D eigenvalue weighted by Crippen LogP contribution is 2.62. The van der Waals surface area contributed by atoms with Crippen molar-refractivity contribution in [2.24, 2.45) is 0 Å². The fourth-order valence-electron chi connectivity index (χ4n) is 6.82. The average Bonchev–Trinajstić information content (AvgIpc) is 3.58. The van der Waals surface area contributed by atoms with Gasteiger partial charge in [0, 0.05) is 41.6 Å². The zero-order valence-electron chi connectivity index (χ0n) is 21.4. The van der Waals surface area contributed by atoms with Gasteiger partial charge in [-0.25, -0.2) is 13.6 Å². The molecule has 0 unspecified atom stereocenters. The van der Waals surface area contributed by atoms with Gasteiger partial charge in [-0.15, -0.1) is 0 Å². The zero-order valence-corrected chi connectivity index (χ0v) is 21.4. The van der Waals surface area contributed by atoms with Crippen LogP contribution in [-0.4, -0.2) is 45.7 Å². The van der Waals surface area contributed by atoms with Crippen molar-refractivity contribution in [3.05, 3.63) is 71.4 Å². The summed E-state index contributed by atoms with van der Waals surface area (Å²) in [6.07, 6.45) is 3.80. The molecule has 1 aromatic heterocycles. The number of ether oxygens (including phenoxy) is 2. The van der Waals surface area contributed by atoms with Gasteiger partial charge in [0.25, 0.3) is 0 Å². The first-order chi connectivity index (χ1) is 18.6. The number of carbonyl (C=O) groups is 1. The van der Waals surface area contributed by atoms with E-state index in [1.807, 2.05) is 4.57 Å². The van der Waals surface area contributed by atoms with E-state index in [4.69, 9.17) is 9.47 Å². The molecule has 2 aliphatic rings. The van der Waals surface area contributed by atoms with Crippen LogP contribution in [-0.2, 0) is 10.2 Å². The number of phenols is 2. The van der Waals surface area contributed by atoms with E-state index in [1.165, 1.54) is 37.4 Å². The van der Waals surface area contributed by atoms with Gasteiger partial charge < -0.3 is 29.4 Å². The lowest BCUT2D eigenvalue weighted by Crippen LogP contribution is -2.24. The quantitative estimate of drug-likeness (QED) is 0.268. The molecule has 0 saturated heterocycles. The van der Waals surface area contributed by atoms with Crippen molar-refractivity contribution in [2.45, 2.75) is 43.1 Å². The van der Waals surface area contributed by atoms with E-state index in [-0.39, 0.29) is 22.7 Å². The molecule has 7 nitrogen and oxygen atoms in total. The van der Waals surface area contributed by atoms with Crippen molar-refractivity contribution in [1.82, 2.24) is 4.57 Å². The maximum Gasteiger partial charge on any atom is 0.339 e. The van der Waals surface area contributed by atoms with E-state index in [0.717, 1.165) is 37.4 Å². The maximum absolute atomic E-state index is 14.8. The SMILES string of the molecule is COc1cc(-n2c(C34CCC(OC)(CC3)C4)c(-c3ccc(C(=O)O)c(O)c3)c3c(O)cc(F)cc32)ccc1F. The predicted molar refractivity (Wildman–Crippen MR) is 140 cm³/mol. The number of phenolic OH excluding ortho intramolecular Hbond substituents is 1. The lowest BCUT2D eigenvalue weighted by atomic mass is 9.77. The molecule has 202 valence electrons. The third kappa shape index (κ3) is 3.67. The maximum atomic E-state index is 14.8. The summed E-state index contributed by atoms with van der Waals surface area (Å²) in [6, 6.07) is 10.9. The molecule has 0 radical (unpaired) electrons. The van der Waals surface area contributed by atoms with Gasteiger partial charge in [0.15, 0.2) is 11.6 Å². The van der Waals surface area contributed by atoms with Gasteiger partial charge >= 0.3 is 5.97 Å². The number of aromatic carboxylic acids is 1. The standard InChI is InChI=1S/C30H27F2NO6/c1-38-24-14-18(4-6-20(24)32)33-21-12-17(31)13-23(35)26(21)25(16-3-5-19(28(36)37)22(34)11-16)27(33)29-7-9-30(15-29,39-2)10-8-29/h3-6,11-14,34-35H,7-10,15H2,1-2H3,(H,36,37). The molecule has 3 aromatic carbocycles. The fourth-order valence-corrected chi connectivity index (χ4v) is 6.82. The van der Waals surface area contributed by atoms with Gasteiger partial charge in [0.1, 0.15) is 22.9 Å². The third-order valence-electron chi connectivity index (χ3n) is 8.64. The molecule has 2 bridgehead atoms. The molecule has 2 fully saturated rings. The molecule has 0 amide bonds. The number of carboxylic acid groups (broad SMARTS) is 1. The molecule has 1 heterocycles. The van der Waals surface area contributed by atoms with Gasteiger partial charge in [-0.05, 0) is 68.0 Å². The van der Waals surface area contributed by atoms with E-state index < -0.39 is 28.8 Å². The first-order valence-electron chi connectivity index (χ1n) is 12.7. The number of fused-ring (bicyclic) bond motifs is 3. The topological polar surface area (TPSA) is 101 Å². The van der Waals surface area contributed by atoms with Crippen LogP contribution < -0.4 is 4.74 Å². The van der Waals surface area contributed by atoms with Crippen LogP contribution in [0.2, 0.25) is 0 Å². The Morgan fingerprint density at radius 1 is 0.949 bits per heavy atom. The van der Waals surface area contributed by atoms with E-state index in [2.05, 4.69) is 0 Å². The summed E-state index contributed by atoms with van der Waals surface area (Å²) in [5.74, 6) is -3.22. The van der Waals surface area contributed by atoms with Crippen LogP contribution in [0, 0.1) is 11.6 Å². The Labute approximate surface area is 222 Å². The molecule has 0 aliphatic heterocycles. The number of hydrogen-bond acceptors (Lipinski definition) is 5. The second-order valence-electron chi connectivity index (χ2n) is 10.6. The molecule has 2 aliphatic carbocycles. The summed E-state index contributed by atoms with van der Waals surface area (Å²) in [4.78, 5) is 11.6. The normalized spacial score (nSPS) is 22.1. The Morgan fingerprint density at radius 3 is 2.31 bits per heavy atom. The number of aromatic nitrogens is 1. The van der Waals surface area contributed by atoms with E-state index in [9.17, 15) is 28.9 Å². The van der Waals surface area contributed by atoms with Gasteiger partial charge in [0.05, 0.1) is 23.6 Å². The van der Waals surface area contributed by atoms with Gasteiger partial charge in [-0.3, -0.25) is 0 Å². The lowest BCUT2D eigenvalue weighted by molar-refractivity contribution is -0.000311. The highest BCUT2D eigenvalue weighted by atomic mass is 19.1. The summed E-state index contributed by atoms with van der Waals surface area (Å²) >= 11 is 0. The molecule has 4 aromatic rings. The molecule has 0 spiro atoms. The minimum Gasteiger partial charge on any atom is -0.507 e. The van der Waals surface area contributed by atoms with Crippen LogP contribution in [0.15, 0.2) is 48.5 Å². The molecule has 39 heavy (non-hydrogen) atoms. The van der Waals surface area contributed by atoms with Crippen LogP contribution in [0.25, 0.3) is 27.7 Å². The Kier molecular flexibility index (Phi) is 5.62. The van der Waals surface area contributed by atoms with Crippen molar-refractivity contribution in [2.75, 3.05) is 14.2 Å². The van der Waals surface area contributed by atoms with Crippen molar-refractivity contribution in [1.29, 1.82) is 0 Å². The van der Waals surface area contributed by atoms with Crippen LogP contribution in [0.1, 0.15) is 48.2 Å². The number of methoxy groups -OCH3 is 2. The number of hydrogen-bond donors (Lipinski definition) is 3. The van der Waals surface area contributed by atoms with Crippen molar-refractivity contribution in [3.63, 3.8) is 0 Å². The Hall–Kier alpha value is -4.11. The Bertz CT molecular complexity index is 1650. The second kappa shape index (κ2) is 8.71. The predicted octanol–water partition coefficient (Wildman–Crippen LogP) is 6.29. The van der Waals surface area contributed by atoms with Gasteiger partial charge in [-0.1, -0.05) is 6.07 Å². The molecule has 3 N–H and O–H groups in total. The minimum absolute atomic E-state index is 0.00696. The highest BCUT2D eigenvalue weighted by molar-refractivity contribution is 6.04. The smallest absolute Gasteiger partial charge is 0.339 e. The molecule has 2 saturated carbocycles. The fraction of sp³-hybridized carbons (Fsp3) is 0.300. The Morgan fingerprint density at radius 2 is 1.69 bits per heavy atom. The first-order valence-corrected chi connectivity index (χ1v) is 12.7. The van der Waals surface area contributed by atoms with Gasteiger partial charge in [0.2, 0.25) is 0 Å². The average molecular weight is 536 g/mol. The van der Waals surface area contributed by atoms with E-state index >= 15 is 0 Å². The molecular formula is C30H27F2NO6. The first kappa shape index (κ1) is 25.2. The van der Waals surface area contributed by atoms with Gasteiger partial charge in [-0.2, -0.15) is 0 Å². The number of nitrogens with zero attached hydrogens (tertiary/aromatic N) is 1.